The van der Waals surface area contributed by atoms with E-state index in [1.54, 1.807) is 31.4 Å². The van der Waals surface area contributed by atoms with Gasteiger partial charge in [0.1, 0.15) is 17.6 Å². The van der Waals surface area contributed by atoms with E-state index >= 15 is 0 Å². The number of aliphatic hydroxyl groups is 1. The van der Waals surface area contributed by atoms with Crippen LogP contribution in [-0.2, 0) is 9.59 Å². The van der Waals surface area contributed by atoms with Crippen molar-refractivity contribution in [2.45, 2.75) is 19.9 Å². The number of ketones is 1. The molecular weight excluding hydrogens is 398 g/mol. The van der Waals surface area contributed by atoms with Crippen molar-refractivity contribution >= 4 is 34.5 Å². The van der Waals surface area contributed by atoms with E-state index in [2.05, 4.69) is 0 Å². The SMILES string of the molecule is COc1ccc(N2C(=O)C(=O)/C(=C(\O)c3cc(C)ccc3C)C2c2cccs2)cc1. The number of hydrogen-bond donors (Lipinski definition) is 1. The molecule has 0 spiro atoms. The molecule has 1 N–H and O–H groups in total. The zero-order valence-electron chi connectivity index (χ0n) is 16.9. The van der Waals surface area contributed by atoms with Gasteiger partial charge in [-0.1, -0.05) is 23.8 Å². The van der Waals surface area contributed by atoms with Crippen LogP contribution in [0.3, 0.4) is 0 Å². The second-order valence-corrected chi connectivity index (χ2v) is 8.18. The van der Waals surface area contributed by atoms with E-state index in [0.29, 0.717) is 17.0 Å². The predicted octanol–water partition coefficient (Wildman–Crippen LogP) is 5.00. The van der Waals surface area contributed by atoms with Crippen LogP contribution in [0.2, 0.25) is 0 Å². The first-order valence-corrected chi connectivity index (χ1v) is 10.4. The molecule has 1 aromatic heterocycles. The highest BCUT2D eigenvalue weighted by Gasteiger charge is 2.47. The van der Waals surface area contributed by atoms with E-state index in [1.807, 2.05) is 49.6 Å². The van der Waals surface area contributed by atoms with Crippen molar-refractivity contribution in [2.75, 3.05) is 12.0 Å². The van der Waals surface area contributed by atoms with Crippen molar-refractivity contribution in [1.82, 2.24) is 0 Å². The van der Waals surface area contributed by atoms with Crippen molar-refractivity contribution in [3.63, 3.8) is 0 Å². The molecule has 6 heteroatoms. The molecule has 2 aromatic carbocycles. The van der Waals surface area contributed by atoms with Crippen molar-refractivity contribution in [3.8, 4) is 5.75 Å². The number of nitrogens with zero attached hydrogens (tertiary/aromatic N) is 1. The lowest BCUT2D eigenvalue weighted by Crippen LogP contribution is -2.29. The third-order valence-electron chi connectivity index (χ3n) is 5.26. The van der Waals surface area contributed by atoms with E-state index < -0.39 is 17.7 Å². The van der Waals surface area contributed by atoms with Crippen molar-refractivity contribution in [2.24, 2.45) is 0 Å². The number of methoxy groups -OCH3 is 1. The average Bonchev–Trinajstić information content (AvgIpc) is 3.37. The summed E-state index contributed by atoms with van der Waals surface area (Å²) in [5.74, 6) is -0.851. The maximum atomic E-state index is 13.1. The number of Topliss-reactive ketones (excluding diaryl/α,β-unsaturated/α-hetero) is 1. The predicted molar refractivity (Wildman–Crippen MR) is 118 cm³/mol. The molecule has 1 atom stereocenters. The topological polar surface area (TPSA) is 66.8 Å². The van der Waals surface area contributed by atoms with Crippen LogP contribution in [0, 0.1) is 13.8 Å². The molecule has 0 aliphatic carbocycles. The van der Waals surface area contributed by atoms with Gasteiger partial charge in [0.05, 0.1) is 12.7 Å². The number of benzene rings is 2. The minimum absolute atomic E-state index is 0.104. The highest BCUT2D eigenvalue weighted by Crippen LogP contribution is 2.44. The molecule has 1 unspecified atom stereocenters. The van der Waals surface area contributed by atoms with Crippen molar-refractivity contribution in [3.05, 3.63) is 87.1 Å². The smallest absolute Gasteiger partial charge is 0.300 e. The van der Waals surface area contributed by atoms with Gasteiger partial charge in [-0.2, -0.15) is 0 Å². The molecule has 30 heavy (non-hydrogen) atoms. The second kappa shape index (κ2) is 7.80. The van der Waals surface area contributed by atoms with Crippen LogP contribution < -0.4 is 9.64 Å². The quantitative estimate of drug-likeness (QED) is 0.367. The number of ether oxygens (including phenoxy) is 1. The van der Waals surface area contributed by atoms with Crippen LogP contribution in [-0.4, -0.2) is 23.9 Å². The number of carbonyl (C=O) groups is 2. The summed E-state index contributed by atoms with van der Waals surface area (Å²) in [6.45, 7) is 3.79. The fraction of sp³-hybridized carbons (Fsp3) is 0.167. The summed E-state index contributed by atoms with van der Waals surface area (Å²) < 4.78 is 5.20. The van der Waals surface area contributed by atoms with Gasteiger partial charge in [0.2, 0.25) is 0 Å². The highest BCUT2D eigenvalue weighted by molar-refractivity contribution is 7.10. The number of hydrogen-bond acceptors (Lipinski definition) is 5. The van der Waals surface area contributed by atoms with Gasteiger partial charge < -0.3 is 9.84 Å². The Morgan fingerprint density at radius 2 is 1.80 bits per heavy atom. The third kappa shape index (κ3) is 3.29. The number of rotatable bonds is 4. The van der Waals surface area contributed by atoms with Crippen LogP contribution in [0.1, 0.15) is 27.6 Å². The molecule has 1 fully saturated rings. The molecule has 1 aliphatic heterocycles. The van der Waals surface area contributed by atoms with Gasteiger partial charge >= 0.3 is 0 Å². The standard InChI is InChI=1S/C24H21NO4S/c1-14-6-7-15(2)18(13-14)22(26)20-21(19-5-4-12-30-19)25(24(28)23(20)27)16-8-10-17(29-3)11-9-16/h4-13,21,26H,1-3H3/b22-20-. The summed E-state index contributed by atoms with van der Waals surface area (Å²) in [6.07, 6.45) is 0. The fourth-order valence-electron chi connectivity index (χ4n) is 3.69. The number of anilines is 1. The number of aliphatic hydroxyl groups excluding tert-OH is 1. The number of thiophene rings is 1. The Kier molecular flexibility index (Phi) is 5.18. The van der Waals surface area contributed by atoms with Gasteiger partial charge in [-0.05, 0) is 61.2 Å². The van der Waals surface area contributed by atoms with E-state index in [-0.39, 0.29) is 11.3 Å². The van der Waals surface area contributed by atoms with Gasteiger partial charge in [-0.25, -0.2) is 0 Å². The molecule has 2 heterocycles. The van der Waals surface area contributed by atoms with Crippen LogP contribution in [0.4, 0.5) is 5.69 Å². The van der Waals surface area contributed by atoms with E-state index in [0.717, 1.165) is 16.0 Å². The first-order valence-electron chi connectivity index (χ1n) is 9.48. The minimum atomic E-state index is -0.696. The lowest BCUT2D eigenvalue weighted by atomic mass is 9.96. The third-order valence-corrected chi connectivity index (χ3v) is 6.18. The summed E-state index contributed by atoms with van der Waals surface area (Å²) in [6, 6.07) is 15.7. The zero-order valence-corrected chi connectivity index (χ0v) is 17.7. The van der Waals surface area contributed by atoms with Crippen molar-refractivity contribution < 1.29 is 19.4 Å². The Bertz CT molecular complexity index is 1150. The zero-order chi connectivity index (χ0) is 21.4. The van der Waals surface area contributed by atoms with E-state index in [9.17, 15) is 14.7 Å². The summed E-state index contributed by atoms with van der Waals surface area (Å²) in [5.41, 5.74) is 3.02. The van der Waals surface area contributed by atoms with E-state index in [4.69, 9.17) is 4.74 Å². The van der Waals surface area contributed by atoms with Crippen molar-refractivity contribution in [1.29, 1.82) is 0 Å². The summed E-state index contributed by atoms with van der Waals surface area (Å²) in [5, 5.41) is 13.1. The Hall–Kier alpha value is -3.38. The fourth-order valence-corrected chi connectivity index (χ4v) is 4.52. The molecule has 4 rings (SSSR count). The van der Waals surface area contributed by atoms with Gasteiger partial charge in [-0.3, -0.25) is 14.5 Å². The van der Waals surface area contributed by atoms with Gasteiger partial charge in [0.15, 0.2) is 0 Å². The molecule has 0 saturated carbocycles. The van der Waals surface area contributed by atoms with Gasteiger partial charge in [-0.15, -0.1) is 11.3 Å². The lowest BCUT2D eigenvalue weighted by Gasteiger charge is -2.24. The minimum Gasteiger partial charge on any atom is -0.507 e. The van der Waals surface area contributed by atoms with Crippen LogP contribution in [0.25, 0.3) is 5.76 Å². The summed E-state index contributed by atoms with van der Waals surface area (Å²) >= 11 is 1.44. The summed E-state index contributed by atoms with van der Waals surface area (Å²) in [4.78, 5) is 28.4. The van der Waals surface area contributed by atoms with Crippen LogP contribution in [0.5, 0.6) is 5.75 Å². The Morgan fingerprint density at radius 1 is 1.07 bits per heavy atom. The Morgan fingerprint density at radius 3 is 2.43 bits per heavy atom. The van der Waals surface area contributed by atoms with Gasteiger partial charge in [0.25, 0.3) is 11.7 Å². The first-order chi connectivity index (χ1) is 14.4. The Labute approximate surface area is 178 Å². The number of carbonyl (C=O) groups excluding carboxylic acids is 2. The molecule has 1 amide bonds. The lowest BCUT2D eigenvalue weighted by molar-refractivity contribution is -0.132. The monoisotopic (exact) mass is 419 g/mol. The largest absolute Gasteiger partial charge is 0.507 e. The van der Waals surface area contributed by atoms with Gasteiger partial charge in [0, 0.05) is 16.1 Å². The normalized spacial score (nSPS) is 18.1. The molecule has 0 radical (unpaired) electrons. The molecule has 0 bridgehead atoms. The molecule has 5 nitrogen and oxygen atoms in total. The maximum absolute atomic E-state index is 13.1. The average molecular weight is 420 g/mol. The number of amides is 1. The van der Waals surface area contributed by atoms with Crippen LogP contribution in [0.15, 0.2) is 65.6 Å². The molecular formula is C24H21NO4S. The molecule has 152 valence electrons. The number of aryl methyl sites for hydroxylation is 2. The van der Waals surface area contributed by atoms with E-state index in [1.165, 1.54) is 16.2 Å². The molecule has 1 aliphatic rings. The Balaban J connectivity index is 1.92. The van der Waals surface area contributed by atoms with Crippen LogP contribution >= 0.6 is 11.3 Å². The maximum Gasteiger partial charge on any atom is 0.300 e. The first kappa shape index (κ1) is 19.9. The second-order valence-electron chi connectivity index (χ2n) is 7.20. The molecule has 1 saturated heterocycles. The summed E-state index contributed by atoms with van der Waals surface area (Å²) in [7, 11) is 1.57. The highest BCUT2D eigenvalue weighted by atomic mass is 32.1. The molecule has 3 aromatic rings.